The lowest BCUT2D eigenvalue weighted by atomic mass is 9.75. The molecule has 0 amide bonds. The molecule has 0 aromatic rings. The maximum absolute atomic E-state index is 11.5. The minimum absolute atomic E-state index is 0.141. The van der Waals surface area contributed by atoms with Crippen molar-refractivity contribution in [3.63, 3.8) is 0 Å². The Labute approximate surface area is 117 Å². The zero-order valence-corrected chi connectivity index (χ0v) is 12.5. The van der Waals surface area contributed by atoms with Gasteiger partial charge in [-0.3, -0.25) is 4.79 Å². The van der Waals surface area contributed by atoms with E-state index < -0.39 is 5.97 Å². The number of carboxylic acids is 1. The fourth-order valence-electron chi connectivity index (χ4n) is 3.89. The highest BCUT2D eigenvalue weighted by molar-refractivity contribution is 5.71. The average Bonchev–Trinajstić information content (AvgIpc) is 2.33. The van der Waals surface area contributed by atoms with Crippen molar-refractivity contribution < 1.29 is 9.90 Å². The Balaban J connectivity index is 1.95. The van der Waals surface area contributed by atoms with Crippen molar-refractivity contribution in [1.82, 2.24) is 4.90 Å². The highest BCUT2D eigenvalue weighted by Gasteiger charge is 2.37. The lowest BCUT2D eigenvalue weighted by Crippen LogP contribution is -2.47. The zero-order valence-electron chi connectivity index (χ0n) is 12.5. The lowest BCUT2D eigenvalue weighted by Gasteiger charge is -2.42. The number of aliphatic carboxylic acids is 1. The normalized spacial score (nSPS) is 32.3. The molecular formula is C16H29NO2. The highest BCUT2D eigenvalue weighted by Crippen LogP contribution is 2.36. The quantitative estimate of drug-likeness (QED) is 0.802. The first-order valence-electron chi connectivity index (χ1n) is 8.04. The van der Waals surface area contributed by atoms with Crippen molar-refractivity contribution in [3.05, 3.63) is 0 Å². The maximum atomic E-state index is 11.5. The van der Waals surface area contributed by atoms with E-state index in [9.17, 15) is 9.90 Å². The van der Waals surface area contributed by atoms with Crippen molar-refractivity contribution in [2.24, 2.45) is 17.8 Å². The van der Waals surface area contributed by atoms with Crippen molar-refractivity contribution in [1.29, 1.82) is 0 Å². The fourth-order valence-corrected chi connectivity index (χ4v) is 3.89. The minimum atomic E-state index is -0.583. The van der Waals surface area contributed by atoms with Crippen LogP contribution in [0.25, 0.3) is 0 Å². The SMILES string of the molecule is CCCC1CCC(C(=O)O)C(N(C)CC2CCC2)C1. The van der Waals surface area contributed by atoms with E-state index in [1.165, 1.54) is 32.1 Å². The van der Waals surface area contributed by atoms with Gasteiger partial charge in [0.1, 0.15) is 0 Å². The average molecular weight is 267 g/mol. The number of carbonyl (C=O) groups is 1. The topological polar surface area (TPSA) is 40.5 Å². The smallest absolute Gasteiger partial charge is 0.308 e. The molecule has 2 aliphatic rings. The summed E-state index contributed by atoms with van der Waals surface area (Å²) in [5.74, 6) is 0.846. The van der Waals surface area contributed by atoms with Crippen LogP contribution in [0.2, 0.25) is 0 Å². The van der Waals surface area contributed by atoms with Crippen molar-refractivity contribution in [2.75, 3.05) is 13.6 Å². The van der Waals surface area contributed by atoms with Gasteiger partial charge in [0.05, 0.1) is 5.92 Å². The van der Waals surface area contributed by atoms with Gasteiger partial charge in [0.15, 0.2) is 0 Å². The molecule has 0 radical (unpaired) electrons. The molecule has 2 aliphatic carbocycles. The molecule has 3 atom stereocenters. The lowest BCUT2D eigenvalue weighted by molar-refractivity contribution is -0.146. The number of hydrogen-bond donors (Lipinski definition) is 1. The van der Waals surface area contributed by atoms with Gasteiger partial charge in [0, 0.05) is 12.6 Å². The molecule has 0 aromatic heterocycles. The Morgan fingerprint density at radius 2 is 1.95 bits per heavy atom. The predicted molar refractivity (Wildman–Crippen MR) is 77.1 cm³/mol. The fraction of sp³-hybridized carbons (Fsp3) is 0.938. The van der Waals surface area contributed by atoms with Gasteiger partial charge in [-0.25, -0.2) is 0 Å². The Kier molecular flexibility index (Phi) is 5.26. The molecule has 3 nitrogen and oxygen atoms in total. The molecule has 2 saturated carbocycles. The monoisotopic (exact) mass is 267 g/mol. The summed E-state index contributed by atoms with van der Waals surface area (Å²) in [6.45, 7) is 3.34. The first-order chi connectivity index (χ1) is 9.11. The molecule has 0 heterocycles. The van der Waals surface area contributed by atoms with E-state index in [0.29, 0.717) is 0 Å². The number of hydrogen-bond acceptors (Lipinski definition) is 2. The Morgan fingerprint density at radius 3 is 2.47 bits per heavy atom. The van der Waals surface area contributed by atoms with Crippen LogP contribution < -0.4 is 0 Å². The highest BCUT2D eigenvalue weighted by atomic mass is 16.4. The van der Waals surface area contributed by atoms with E-state index in [0.717, 1.165) is 37.6 Å². The van der Waals surface area contributed by atoms with Crippen LogP contribution in [0.5, 0.6) is 0 Å². The first kappa shape index (κ1) is 14.8. The summed E-state index contributed by atoms with van der Waals surface area (Å²) in [6, 6.07) is 0.267. The second-order valence-corrected chi connectivity index (χ2v) is 6.72. The largest absolute Gasteiger partial charge is 0.481 e. The number of rotatable bonds is 6. The molecule has 19 heavy (non-hydrogen) atoms. The van der Waals surface area contributed by atoms with Crippen LogP contribution >= 0.6 is 0 Å². The molecule has 0 saturated heterocycles. The van der Waals surface area contributed by atoms with Crippen LogP contribution in [0, 0.1) is 17.8 Å². The number of nitrogens with zero attached hydrogens (tertiary/aromatic N) is 1. The molecule has 3 heteroatoms. The van der Waals surface area contributed by atoms with E-state index in [2.05, 4.69) is 18.9 Å². The van der Waals surface area contributed by atoms with Gasteiger partial charge in [-0.05, 0) is 51.0 Å². The van der Waals surface area contributed by atoms with Gasteiger partial charge in [0.2, 0.25) is 0 Å². The third-order valence-electron chi connectivity index (χ3n) is 5.28. The van der Waals surface area contributed by atoms with Gasteiger partial charge in [-0.15, -0.1) is 0 Å². The van der Waals surface area contributed by atoms with Gasteiger partial charge in [-0.1, -0.05) is 26.2 Å². The summed E-state index contributed by atoms with van der Waals surface area (Å²) in [5.41, 5.74) is 0. The van der Waals surface area contributed by atoms with Crippen LogP contribution in [0.15, 0.2) is 0 Å². The van der Waals surface area contributed by atoms with Crippen LogP contribution in [0.4, 0.5) is 0 Å². The van der Waals surface area contributed by atoms with Crippen LogP contribution in [0.1, 0.15) is 58.3 Å². The Bertz CT molecular complexity index is 301. The number of carboxylic acid groups (broad SMARTS) is 1. The third kappa shape index (κ3) is 3.71. The third-order valence-corrected chi connectivity index (χ3v) is 5.28. The standard InChI is InChI=1S/C16H29NO2/c1-3-5-12-8-9-14(16(18)19)15(10-12)17(2)11-13-6-4-7-13/h12-15H,3-11H2,1-2H3,(H,18,19). The van der Waals surface area contributed by atoms with Crippen LogP contribution in [0.3, 0.4) is 0 Å². The van der Waals surface area contributed by atoms with E-state index in [-0.39, 0.29) is 12.0 Å². The van der Waals surface area contributed by atoms with E-state index >= 15 is 0 Å². The molecule has 0 aliphatic heterocycles. The summed E-state index contributed by atoms with van der Waals surface area (Å²) >= 11 is 0. The summed E-state index contributed by atoms with van der Waals surface area (Å²) < 4.78 is 0. The van der Waals surface area contributed by atoms with E-state index in [4.69, 9.17) is 0 Å². The zero-order chi connectivity index (χ0) is 13.8. The molecule has 0 bridgehead atoms. The summed E-state index contributed by atoms with van der Waals surface area (Å²) in [4.78, 5) is 13.8. The molecule has 0 aromatic carbocycles. The molecule has 3 unspecified atom stereocenters. The summed E-state index contributed by atoms with van der Waals surface area (Å²) in [5, 5.41) is 9.45. The molecule has 110 valence electrons. The van der Waals surface area contributed by atoms with Gasteiger partial charge < -0.3 is 10.0 Å². The second-order valence-electron chi connectivity index (χ2n) is 6.72. The Hall–Kier alpha value is -0.570. The van der Waals surface area contributed by atoms with E-state index in [1.807, 2.05) is 0 Å². The predicted octanol–water partition coefficient (Wildman–Crippen LogP) is 3.39. The maximum Gasteiger partial charge on any atom is 0.308 e. The van der Waals surface area contributed by atoms with Crippen LogP contribution in [-0.2, 0) is 4.79 Å². The van der Waals surface area contributed by atoms with E-state index in [1.54, 1.807) is 0 Å². The van der Waals surface area contributed by atoms with Crippen molar-refractivity contribution in [2.45, 2.75) is 64.3 Å². The first-order valence-corrected chi connectivity index (χ1v) is 8.04. The van der Waals surface area contributed by atoms with Crippen LogP contribution in [-0.4, -0.2) is 35.6 Å². The Morgan fingerprint density at radius 1 is 1.21 bits per heavy atom. The molecule has 2 fully saturated rings. The van der Waals surface area contributed by atoms with Gasteiger partial charge in [0.25, 0.3) is 0 Å². The van der Waals surface area contributed by atoms with Gasteiger partial charge in [-0.2, -0.15) is 0 Å². The summed E-state index contributed by atoms with van der Waals surface area (Å²) in [7, 11) is 2.15. The molecule has 0 spiro atoms. The van der Waals surface area contributed by atoms with Crippen molar-refractivity contribution >= 4 is 5.97 Å². The van der Waals surface area contributed by atoms with Crippen molar-refractivity contribution in [3.8, 4) is 0 Å². The van der Waals surface area contributed by atoms with Gasteiger partial charge >= 0.3 is 5.97 Å². The molecule has 2 rings (SSSR count). The summed E-state index contributed by atoms with van der Waals surface area (Å²) in [6.07, 6.45) is 9.61. The molecule has 1 N–H and O–H groups in total. The molecular weight excluding hydrogens is 238 g/mol. The minimum Gasteiger partial charge on any atom is -0.481 e. The second kappa shape index (κ2) is 6.74.